The number of hydrogen-bond acceptors (Lipinski definition) is 5. The average Bonchev–Trinajstić information content (AvgIpc) is 2.66. The Morgan fingerprint density at radius 1 is 1.12 bits per heavy atom. The molecule has 0 saturated carbocycles. The molecule has 26 heavy (non-hydrogen) atoms. The zero-order valence-electron chi connectivity index (χ0n) is 15.4. The molecule has 1 aromatic carbocycles. The molecular weight excluding hydrogens is 332 g/mol. The van der Waals surface area contributed by atoms with Crippen molar-refractivity contribution in [1.29, 1.82) is 0 Å². The van der Waals surface area contributed by atoms with Crippen molar-refractivity contribution < 1.29 is 14.7 Å². The van der Waals surface area contributed by atoms with E-state index in [1.54, 1.807) is 6.92 Å². The molecule has 2 amide bonds. The lowest BCUT2D eigenvalue weighted by Gasteiger charge is -2.36. The van der Waals surface area contributed by atoms with Gasteiger partial charge in [-0.15, -0.1) is 0 Å². The fourth-order valence-electron chi connectivity index (χ4n) is 3.05. The van der Waals surface area contributed by atoms with Crippen LogP contribution < -0.4 is 20.6 Å². The van der Waals surface area contributed by atoms with Gasteiger partial charge in [0.25, 0.3) is 0 Å². The fraction of sp³-hybridized carbons (Fsp3) is 0.579. The summed E-state index contributed by atoms with van der Waals surface area (Å²) >= 11 is 0. The minimum absolute atomic E-state index is 0.103. The second-order valence-electron chi connectivity index (χ2n) is 6.58. The smallest absolute Gasteiger partial charge is 0.314 e. The maximum Gasteiger partial charge on any atom is 0.314 e. The first kappa shape index (κ1) is 20.0. The highest BCUT2D eigenvalue weighted by Gasteiger charge is 2.16. The summed E-state index contributed by atoms with van der Waals surface area (Å²) in [4.78, 5) is 27.3. The summed E-state index contributed by atoms with van der Waals surface area (Å²) in [5, 5.41) is 16.2. The molecule has 1 aromatic rings. The summed E-state index contributed by atoms with van der Waals surface area (Å²) in [6.07, 6.45) is 1.31. The van der Waals surface area contributed by atoms with Gasteiger partial charge in [0.05, 0.1) is 0 Å². The van der Waals surface area contributed by atoms with Crippen LogP contribution in [0.3, 0.4) is 0 Å². The lowest BCUT2D eigenvalue weighted by atomic mass is 10.1. The molecule has 1 heterocycles. The number of nitrogens with zero attached hydrogens (tertiary/aromatic N) is 2. The van der Waals surface area contributed by atoms with Gasteiger partial charge in [-0.25, -0.2) is 4.79 Å². The van der Waals surface area contributed by atoms with Crippen molar-refractivity contribution in [1.82, 2.24) is 15.5 Å². The van der Waals surface area contributed by atoms with Crippen molar-refractivity contribution in [3.63, 3.8) is 0 Å². The molecule has 144 valence electrons. The van der Waals surface area contributed by atoms with Gasteiger partial charge >= 0.3 is 6.03 Å². The van der Waals surface area contributed by atoms with Crippen LogP contribution in [0.4, 0.5) is 10.5 Å². The van der Waals surface area contributed by atoms with Gasteiger partial charge in [-0.05, 0) is 31.5 Å². The predicted molar refractivity (Wildman–Crippen MR) is 99.9 cm³/mol. The maximum absolute atomic E-state index is 11.7. The number of amides is 2. The molecule has 1 saturated heterocycles. The summed E-state index contributed by atoms with van der Waals surface area (Å²) in [7, 11) is 0. The third kappa shape index (κ3) is 6.55. The van der Waals surface area contributed by atoms with Gasteiger partial charge in [-0.1, -0.05) is 25.1 Å². The van der Waals surface area contributed by atoms with E-state index in [1.807, 2.05) is 6.07 Å². The van der Waals surface area contributed by atoms with Gasteiger partial charge in [0.1, 0.15) is 0 Å². The number of urea groups is 1. The van der Waals surface area contributed by atoms with Crippen LogP contribution >= 0.6 is 0 Å². The van der Waals surface area contributed by atoms with E-state index in [9.17, 15) is 14.7 Å². The number of aliphatic carboxylic acids is 1. The van der Waals surface area contributed by atoms with Gasteiger partial charge in [0.15, 0.2) is 0 Å². The van der Waals surface area contributed by atoms with Crippen LogP contribution in [0.1, 0.15) is 19.8 Å². The standard InChI is InChI=1S/C19H30N4O3/c1-2-16(18(24)25)15-21-19(26)20-9-6-10-22-11-13-23(14-12-22)17-7-4-3-5-8-17/h3-5,7-8,16H,2,6,9-15H2,1H3,(H,24,25)(H2,20,21,26)/p-1. The van der Waals surface area contributed by atoms with E-state index in [4.69, 9.17) is 0 Å². The Balaban J connectivity index is 1.55. The average molecular weight is 361 g/mol. The minimum atomic E-state index is -1.12. The van der Waals surface area contributed by atoms with Crippen molar-refractivity contribution in [2.24, 2.45) is 5.92 Å². The number of carbonyl (C=O) groups is 2. The van der Waals surface area contributed by atoms with Crippen LogP contribution in [0.5, 0.6) is 0 Å². The Labute approximate surface area is 155 Å². The van der Waals surface area contributed by atoms with Crippen LogP contribution in [0.25, 0.3) is 0 Å². The van der Waals surface area contributed by atoms with E-state index in [0.29, 0.717) is 13.0 Å². The van der Waals surface area contributed by atoms with E-state index >= 15 is 0 Å². The molecule has 1 aliphatic rings. The van der Waals surface area contributed by atoms with Crippen molar-refractivity contribution in [3.05, 3.63) is 30.3 Å². The molecule has 7 heteroatoms. The lowest BCUT2D eigenvalue weighted by molar-refractivity contribution is -0.311. The maximum atomic E-state index is 11.7. The zero-order valence-corrected chi connectivity index (χ0v) is 15.4. The van der Waals surface area contributed by atoms with E-state index in [0.717, 1.165) is 39.1 Å². The molecule has 0 bridgehead atoms. The van der Waals surface area contributed by atoms with Crippen LogP contribution in [0, 0.1) is 5.92 Å². The van der Waals surface area contributed by atoms with Crippen molar-refractivity contribution in [2.45, 2.75) is 19.8 Å². The Hall–Kier alpha value is -2.28. The van der Waals surface area contributed by atoms with E-state index in [2.05, 4.69) is 44.7 Å². The molecule has 1 aliphatic heterocycles. The molecule has 0 aliphatic carbocycles. The van der Waals surface area contributed by atoms with Gasteiger partial charge in [-0.3, -0.25) is 4.90 Å². The molecule has 1 fully saturated rings. The summed E-state index contributed by atoms with van der Waals surface area (Å²) in [6.45, 7) is 7.45. The Morgan fingerprint density at radius 2 is 1.81 bits per heavy atom. The number of carboxylic acids is 1. The zero-order chi connectivity index (χ0) is 18.8. The first-order valence-corrected chi connectivity index (χ1v) is 9.35. The Kier molecular flexibility index (Phi) is 8.21. The second kappa shape index (κ2) is 10.7. The quantitative estimate of drug-likeness (QED) is 0.617. The Morgan fingerprint density at radius 3 is 2.42 bits per heavy atom. The topological polar surface area (TPSA) is 87.7 Å². The molecule has 0 radical (unpaired) electrons. The first-order valence-electron chi connectivity index (χ1n) is 9.35. The summed E-state index contributed by atoms with van der Waals surface area (Å²) in [5.41, 5.74) is 1.27. The number of anilines is 1. The van der Waals surface area contributed by atoms with Gasteiger partial charge in [0.2, 0.25) is 0 Å². The first-order chi connectivity index (χ1) is 12.6. The lowest BCUT2D eigenvalue weighted by Crippen LogP contribution is -2.47. The highest BCUT2D eigenvalue weighted by molar-refractivity contribution is 5.75. The van der Waals surface area contributed by atoms with Crippen molar-refractivity contribution in [2.75, 3.05) is 50.7 Å². The van der Waals surface area contributed by atoms with Crippen LogP contribution in [0.2, 0.25) is 0 Å². The van der Waals surface area contributed by atoms with Gasteiger partial charge in [0, 0.05) is 56.8 Å². The molecular formula is C19H29N4O3-. The van der Waals surface area contributed by atoms with E-state index in [-0.39, 0.29) is 12.6 Å². The molecule has 2 rings (SSSR count). The largest absolute Gasteiger partial charge is 0.550 e. The number of para-hydroxylation sites is 1. The number of hydrogen-bond donors (Lipinski definition) is 2. The van der Waals surface area contributed by atoms with Crippen LogP contribution in [-0.4, -0.2) is 62.7 Å². The number of carboxylic acid groups (broad SMARTS) is 1. The number of carbonyl (C=O) groups excluding carboxylic acids is 2. The predicted octanol–water partition coefficient (Wildman–Crippen LogP) is 0.274. The summed E-state index contributed by atoms with van der Waals surface area (Å²) < 4.78 is 0. The third-order valence-electron chi connectivity index (χ3n) is 4.77. The number of piperazine rings is 1. The second-order valence-corrected chi connectivity index (χ2v) is 6.58. The molecule has 0 spiro atoms. The number of benzene rings is 1. The molecule has 2 N–H and O–H groups in total. The molecule has 7 nitrogen and oxygen atoms in total. The molecule has 1 atom stereocenters. The van der Waals surface area contributed by atoms with E-state index in [1.165, 1.54) is 5.69 Å². The van der Waals surface area contributed by atoms with Gasteiger partial charge < -0.3 is 25.4 Å². The fourth-order valence-corrected chi connectivity index (χ4v) is 3.05. The number of rotatable bonds is 9. The highest BCUT2D eigenvalue weighted by atomic mass is 16.4. The summed E-state index contributed by atoms with van der Waals surface area (Å²) in [5.74, 6) is -1.76. The van der Waals surface area contributed by atoms with Crippen LogP contribution in [0.15, 0.2) is 30.3 Å². The highest BCUT2D eigenvalue weighted by Crippen LogP contribution is 2.15. The third-order valence-corrected chi connectivity index (χ3v) is 4.77. The Bertz CT molecular complexity index is 559. The monoisotopic (exact) mass is 361 g/mol. The van der Waals surface area contributed by atoms with Crippen molar-refractivity contribution >= 4 is 17.7 Å². The number of nitrogens with one attached hydrogen (secondary N) is 2. The normalized spacial score (nSPS) is 16.1. The summed E-state index contributed by atoms with van der Waals surface area (Å²) in [6, 6.07) is 10.1. The SMILES string of the molecule is CCC(CNC(=O)NCCCN1CCN(c2ccccc2)CC1)C(=O)[O-]. The molecule has 0 aromatic heterocycles. The van der Waals surface area contributed by atoms with E-state index < -0.39 is 11.9 Å². The van der Waals surface area contributed by atoms with Crippen LogP contribution in [-0.2, 0) is 4.79 Å². The van der Waals surface area contributed by atoms with Crippen molar-refractivity contribution in [3.8, 4) is 0 Å². The minimum Gasteiger partial charge on any atom is -0.550 e. The van der Waals surface area contributed by atoms with Gasteiger partial charge in [-0.2, -0.15) is 0 Å². The molecule has 1 unspecified atom stereocenters.